The lowest BCUT2D eigenvalue weighted by Crippen LogP contribution is -2.08. The number of hydrogen-bond acceptors (Lipinski definition) is 3. The van der Waals surface area contributed by atoms with E-state index in [0.717, 1.165) is 11.4 Å². The van der Waals surface area contributed by atoms with Gasteiger partial charge in [0.25, 0.3) is 0 Å². The predicted molar refractivity (Wildman–Crippen MR) is 76.4 cm³/mol. The van der Waals surface area contributed by atoms with Crippen molar-refractivity contribution in [2.45, 2.75) is 18.1 Å². The summed E-state index contributed by atoms with van der Waals surface area (Å²) in [5.41, 5.74) is 4.12. The lowest BCUT2D eigenvalue weighted by molar-refractivity contribution is 0.0600. The van der Waals surface area contributed by atoms with E-state index >= 15 is 0 Å². The molecule has 0 fully saturated rings. The van der Waals surface area contributed by atoms with E-state index in [-0.39, 0.29) is 11.3 Å². The van der Waals surface area contributed by atoms with Crippen molar-refractivity contribution in [3.8, 4) is 0 Å². The van der Waals surface area contributed by atoms with Crippen molar-refractivity contribution in [3.63, 3.8) is 0 Å². The van der Waals surface area contributed by atoms with Crippen LogP contribution in [0.4, 0.5) is 0 Å². The molecule has 2 aromatic rings. The number of aromatic nitrogens is 1. The molecule has 0 N–H and O–H groups in total. The smallest absolute Gasteiger partial charge is 0.339 e. The average Bonchev–Trinajstić information content (AvgIpc) is 3.00. The largest absolute Gasteiger partial charge is 0.465 e. The number of ether oxygens (including phenoxy) is 1. The van der Waals surface area contributed by atoms with Crippen LogP contribution in [0.2, 0.25) is 0 Å². The molecule has 3 rings (SSSR count). The highest BCUT2D eigenvalue weighted by atomic mass is 32.2. The summed E-state index contributed by atoms with van der Waals surface area (Å²) in [4.78, 5) is 11.7. The van der Waals surface area contributed by atoms with Gasteiger partial charge in [-0.05, 0) is 18.6 Å². The monoisotopic (exact) mass is 273 g/mol. The Morgan fingerprint density at radius 2 is 2.11 bits per heavy atom. The molecule has 0 saturated carbocycles. The zero-order chi connectivity index (χ0) is 13.4. The highest BCUT2D eigenvalue weighted by Crippen LogP contribution is 2.43. The fraction of sp³-hybridized carbons (Fsp3) is 0.267. The first kappa shape index (κ1) is 12.4. The van der Waals surface area contributed by atoms with Crippen molar-refractivity contribution in [3.05, 3.63) is 58.9 Å². The van der Waals surface area contributed by atoms with Crippen LogP contribution in [-0.2, 0) is 10.5 Å². The van der Waals surface area contributed by atoms with Gasteiger partial charge in [-0.3, -0.25) is 0 Å². The third-order valence-corrected chi connectivity index (χ3v) is 4.75. The summed E-state index contributed by atoms with van der Waals surface area (Å²) in [6.07, 6.45) is 0. The van der Waals surface area contributed by atoms with Gasteiger partial charge in [0.15, 0.2) is 0 Å². The SMILES string of the molecule is COC(=O)c1cc2n(c1C)[C@@H](c1ccccc1)SC2. The predicted octanol–water partition coefficient (Wildman–Crippen LogP) is 3.38. The topological polar surface area (TPSA) is 31.2 Å². The highest BCUT2D eigenvalue weighted by molar-refractivity contribution is 7.99. The fourth-order valence-electron chi connectivity index (χ4n) is 2.54. The van der Waals surface area contributed by atoms with Crippen molar-refractivity contribution in [2.75, 3.05) is 7.11 Å². The first-order valence-corrected chi connectivity index (χ1v) is 7.23. The van der Waals surface area contributed by atoms with Crippen molar-refractivity contribution >= 4 is 17.7 Å². The second-order valence-corrected chi connectivity index (χ2v) is 5.64. The van der Waals surface area contributed by atoms with Crippen LogP contribution in [0, 0.1) is 6.92 Å². The fourth-order valence-corrected chi connectivity index (χ4v) is 3.89. The molecule has 3 nitrogen and oxygen atoms in total. The van der Waals surface area contributed by atoms with E-state index in [4.69, 9.17) is 4.74 Å². The van der Waals surface area contributed by atoms with Gasteiger partial charge in [0, 0.05) is 17.1 Å². The summed E-state index contributed by atoms with van der Waals surface area (Å²) in [5, 5.41) is 0.259. The van der Waals surface area contributed by atoms with Crippen molar-refractivity contribution in [1.29, 1.82) is 0 Å². The Hall–Kier alpha value is -1.68. The maximum atomic E-state index is 11.7. The molecule has 2 heterocycles. The molecule has 0 amide bonds. The van der Waals surface area contributed by atoms with E-state index in [9.17, 15) is 4.79 Å². The Kier molecular flexibility index (Phi) is 3.11. The Morgan fingerprint density at radius 1 is 1.37 bits per heavy atom. The molecule has 0 unspecified atom stereocenters. The maximum absolute atomic E-state index is 11.7. The number of carbonyl (C=O) groups is 1. The van der Waals surface area contributed by atoms with Gasteiger partial charge in [0.05, 0.1) is 12.7 Å². The van der Waals surface area contributed by atoms with Crippen molar-refractivity contribution in [1.82, 2.24) is 4.57 Å². The number of rotatable bonds is 2. The van der Waals surface area contributed by atoms with Crippen LogP contribution in [0.1, 0.15) is 32.7 Å². The van der Waals surface area contributed by atoms with Crippen LogP contribution < -0.4 is 0 Å². The van der Waals surface area contributed by atoms with Gasteiger partial charge in [-0.25, -0.2) is 4.79 Å². The van der Waals surface area contributed by atoms with Crippen LogP contribution in [-0.4, -0.2) is 17.6 Å². The van der Waals surface area contributed by atoms with Gasteiger partial charge in [-0.15, -0.1) is 11.8 Å². The van der Waals surface area contributed by atoms with Crippen molar-refractivity contribution < 1.29 is 9.53 Å². The average molecular weight is 273 g/mol. The first-order valence-electron chi connectivity index (χ1n) is 6.18. The Morgan fingerprint density at radius 3 is 2.79 bits per heavy atom. The maximum Gasteiger partial charge on any atom is 0.339 e. The number of benzene rings is 1. The minimum absolute atomic E-state index is 0.254. The molecule has 0 radical (unpaired) electrons. The molecule has 1 aromatic heterocycles. The Balaban J connectivity index is 2.05. The van der Waals surface area contributed by atoms with E-state index in [2.05, 4.69) is 16.7 Å². The molecule has 1 aromatic carbocycles. The van der Waals surface area contributed by atoms with E-state index in [1.54, 1.807) is 0 Å². The summed E-state index contributed by atoms with van der Waals surface area (Å²) < 4.78 is 7.08. The summed E-state index contributed by atoms with van der Waals surface area (Å²) in [6.45, 7) is 1.98. The van der Waals surface area contributed by atoms with Crippen LogP contribution >= 0.6 is 11.8 Å². The molecule has 98 valence electrons. The number of carbonyl (C=O) groups excluding carboxylic acids is 1. The third kappa shape index (κ3) is 1.96. The number of thioether (sulfide) groups is 1. The second-order valence-electron chi connectivity index (χ2n) is 4.57. The molecule has 19 heavy (non-hydrogen) atoms. The molecule has 4 heteroatoms. The van der Waals surface area contributed by atoms with E-state index < -0.39 is 0 Å². The normalized spacial score (nSPS) is 17.3. The molecule has 0 saturated heterocycles. The van der Waals surface area contributed by atoms with Gasteiger partial charge in [0.1, 0.15) is 5.37 Å². The standard InChI is InChI=1S/C15H15NO2S/c1-10-13(15(17)18-2)8-12-9-19-14(16(10)12)11-6-4-3-5-7-11/h3-8,14H,9H2,1-2H3/t14-/m1/s1. The molecule has 0 bridgehead atoms. The summed E-state index contributed by atoms with van der Waals surface area (Å²) in [7, 11) is 1.42. The van der Waals surface area contributed by atoms with Crippen LogP contribution in [0.5, 0.6) is 0 Å². The molecule has 1 atom stereocenters. The van der Waals surface area contributed by atoms with E-state index in [1.807, 2.05) is 43.0 Å². The number of nitrogens with zero attached hydrogens (tertiary/aromatic N) is 1. The molecular formula is C15H15NO2S. The second kappa shape index (κ2) is 4.78. The van der Waals surface area contributed by atoms with Crippen LogP contribution in [0.25, 0.3) is 0 Å². The van der Waals surface area contributed by atoms with E-state index in [1.165, 1.54) is 18.4 Å². The molecule has 0 spiro atoms. The van der Waals surface area contributed by atoms with Crippen molar-refractivity contribution in [2.24, 2.45) is 0 Å². The van der Waals surface area contributed by atoms with Gasteiger partial charge < -0.3 is 9.30 Å². The molecule has 0 aliphatic carbocycles. The summed E-state index contributed by atoms with van der Waals surface area (Å²) in [6, 6.07) is 12.3. The van der Waals surface area contributed by atoms with Gasteiger partial charge in [-0.2, -0.15) is 0 Å². The Bertz CT molecular complexity index is 619. The summed E-state index contributed by atoms with van der Waals surface area (Å²) >= 11 is 1.88. The number of methoxy groups -OCH3 is 1. The lowest BCUT2D eigenvalue weighted by atomic mass is 10.2. The van der Waals surface area contributed by atoms with Gasteiger partial charge in [0.2, 0.25) is 0 Å². The lowest BCUT2D eigenvalue weighted by Gasteiger charge is -2.15. The number of hydrogen-bond donors (Lipinski definition) is 0. The molecular weight excluding hydrogens is 258 g/mol. The van der Waals surface area contributed by atoms with Gasteiger partial charge in [-0.1, -0.05) is 30.3 Å². The quantitative estimate of drug-likeness (QED) is 0.786. The van der Waals surface area contributed by atoms with E-state index in [0.29, 0.717) is 5.56 Å². The zero-order valence-corrected chi connectivity index (χ0v) is 11.7. The minimum Gasteiger partial charge on any atom is -0.465 e. The summed E-state index contributed by atoms with van der Waals surface area (Å²) in [5.74, 6) is 0.674. The highest BCUT2D eigenvalue weighted by Gasteiger charge is 2.29. The molecule has 1 aliphatic rings. The molecule has 1 aliphatic heterocycles. The minimum atomic E-state index is -0.254. The number of fused-ring (bicyclic) bond motifs is 1. The van der Waals surface area contributed by atoms with Crippen LogP contribution in [0.3, 0.4) is 0 Å². The van der Waals surface area contributed by atoms with Crippen LogP contribution in [0.15, 0.2) is 36.4 Å². The van der Waals surface area contributed by atoms with Gasteiger partial charge >= 0.3 is 5.97 Å². The number of esters is 1. The first-order chi connectivity index (χ1) is 9.22. The third-order valence-electron chi connectivity index (χ3n) is 3.49. The zero-order valence-electron chi connectivity index (χ0n) is 10.9. The Labute approximate surface area is 116 Å².